The van der Waals surface area contributed by atoms with Crippen LogP contribution in [0.3, 0.4) is 0 Å². The van der Waals surface area contributed by atoms with Gasteiger partial charge in [0.2, 0.25) is 0 Å². The number of benzene rings is 2. The summed E-state index contributed by atoms with van der Waals surface area (Å²) in [5.74, 6) is 1.23. The molecule has 34 heavy (non-hydrogen) atoms. The summed E-state index contributed by atoms with van der Waals surface area (Å²) in [6, 6.07) is 14.7. The van der Waals surface area contributed by atoms with E-state index < -0.39 is 5.41 Å². The normalized spacial score (nSPS) is 25.6. The first-order valence-corrected chi connectivity index (χ1v) is 12.5. The van der Waals surface area contributed by atoms with E-state index in [4.69, 9.17) is 22.3 Å². The number of likely N-dealkylation sites (tertiary alicyclic amines) is 1. The summed E-state index contributed by atoms with van der Waals surface area (Å²) >= 11 is 5.09. The predicted octanol–water partition coefficient (Wildman–Crippen LogP) is 5.61. The molecule has 2 aliphatic rings. The smallest absolute Gasteiger partial charge is 0.181 e. The number of amidine groups is 1. The molecule has 0 radical (unpaired) electrons. The molecule has 1 saturated heterocycles. The number of H-pyrrole nitrogens is 1. The monoisotopic (exact) mass is 473 g/mol. The summed E-state index contributed by atoms with van der Waals surface area (Å²) in [7, 11) is 1.64. The number of aromatic amines is 1. The van der Waals surface area contributed by atoms with Crippen molar-refractivity contribution in [1.29, 1.82) is 10.7 Å². The number of nitriles is 1. The van der Waals surface area contributed by atoms with Gasteiger partial charge in [-0.05, 0) is 67.6 Å². The third-order valence-corrected chi connectivity index (χ3v) is 8.32. The molecule has 3 atom stereocenters. The fourth-order valence-corrected chi connectivity index (χ4v) is 6.45. The lowest BCUT2D eigenvalue weighted by atomic mass is 9.74. The van der Waals surface area contributed by atoms with Gasteiger partial charge >= 0.3 is 0 Å². The number of rotatable bonds is 4. The van der Waals surface area contributed by atoms with Crippen molar-refractivity contribution in [2.45, 2.75) is 68.7 Å². The van der Waals surface area contributed by atoms with Crippen LogP contribution in [0.5, 0.6) is 5.75 Å². The molecule has 6 nitrogen and oxygen atoms in total. The van der Waals surface area contributed by atoms with Gasteiger partial charge in [0.25, 0.3) is 0 Å². The maximum Gasteiger partial charge on any atom is 0.181 e. The first kappa shape index (κ1) is 22.8. The number of hydrogen-bond donors (Lipinski definition) is 3. The van der Waals surface area contributed by atoms with E-state index in [2.05, 4.69) is 35.9 Å². The van der Waals surface area contributed by atoms with Crippen molar-refractivity contribution in [3.63, 3.8) is 0 Å². The maximum absolute atomic E-state index is 10.8. The van der Waals surface area contributed by atoms with E-state index in [0.717, 1.165) is 59.2 Å². The lowest BCUT2D eigenvalue weighted by molar-refractivity contribution is 0.238. The topological polar surface area (TPSA) is 88.8 Å². The van der Waals surface area contributed by atoms with Crippen molar-refractivity contribution in [2.24, 2.45) is 0 Å². The van der Waals surface area contributed by atoms with Gasteiger partial charge in [0.1, 0.15) is 17.4 Å². The third kappa shape index (κ3) is 3.39. The average molecular weight is 474 g/mol. The van der Waals surface area contributed by atoms with Gasteiger partial charge in [0.15, 0.2) is 5.41 Å². The van der Waals surface area contributed by atoms with Crippen LogP contribution in [0.1, 0.15) is 60.5 Å². The van der Waals surface area contributed by atoms with E-state index >= 15 is 0 Å². The molecule has 176 valence electrons. The molecular weight excluding hydrogens is 442 g/mol. The van der Waals surface area contributed by atoms with Crippen molar-refractivity contribution < 1.29 is 4.74 Å². The van der Waals surface area contributed by atoms with Gasteiger partial charge < -0.3 is 14.6 Å². The van der Waals surface area contributed by atoms with Gasteiger partial charge in [-0.2, -0.15) is 17.9 Å². The van der Waals surface area contributed by atoms with Gasteiger partial charge in [0.05, 0.1) is 29.6 Å². The van der Waals surface area contributed by atoms with Gasteiger partial charge in [0, 0.05) is 12.0 Å². The molecule has 5 rings (SSSR count). The fourth-order valence-electron chi connectivity index (χ4n) is 5.75. The molecule has 0 amide bonds. The second-order valence-corrected chi connectivity index (χ2v) is 10.2. The van der Waals surface area contributed by atoms with Crippen LogP contribution in [0.15, 0.2) is 36.4 Å². The number of ether oxygens (including phenoxy) is 1. The zero-order valence-electron chi connectivity index (χ0n) is 19.9. The van der Waals surface area contributed by atoms with Crippen LogP contribution in [0.25, 0.3) is 11.0 Å². The Balaban J connectivity index is 1.70. The number of aryl methyl sites for hydroxylation is 2. The van der Waals surface area contributed by atoms with Crippen LogP contribution >= 0.6 is 12.6 Å². The summed E-state index contributed by atoms with van der Waals surface area (Å²) in [4.78, 5) is 10.4. The molecule has 7 heteroatoms. The van der Waals surface area contributed by atoms with Crippen LogP contribution in [0, 0.1) is 30.6 Å². The highest BCUT2D eigenvalue weighted by atomic mass is 32.1. The number of fused-ring (bicyclic) bond motifs is 1. The highest BCUT2D eigenvalue weighted by Crippen LogP contribution is 2.52. The second-order valence-electron chi connectivity index (χ2n) is 9.67. The molecule has 1 saturated carbocycles. The number of nitrogens with zero attached hydrogens (tertiary/aromatic N) is 3. The van der Waals surface area contributed by atoms with Crippen molar-refractivity contribution in [3.05, 3.63) is 58.9 Å². The van der Waals surface area contributed by atoms with Crippen molar-refractivity contribution >= 4 is 29.5 Å². The number of nitrogens with one attached hydrogen (secondary N) is 2. The highest BCUT2D eigenvalue weighted by Gasteiger charge is 2.61. The Morgan fingerprint density at radius 1 is 1.15 bits per heavy atom. The molecule has 2 heterocycles. The van der Waals surface area contributed by atoms with E-state index in [1.54, 1.807) is 7.11 Å². The van der Waals surface area contributed by atoms with E-state index in [0.29, 0.717) is 11.7 Å². The zero-order chi connectivity index (χ0) is 24.0. The molecule has 1 aliphatic heterocycles. The van der Waals surface area contributed by atoms with E-state index in [1.165, 1.54) is 6.42 Å². The Hall–Kier alpha value is -2.98. The summed E-state index contributed by atoms with van der Waals surface area (Å²) in [5.41, 5.74) is 3.72. The molecule has 3 unspecified atom stereocenters. The summed E-state index contributed by atoms with van der Waals surface area (Å²) in [6.07, 6.45) is 5.56. The SMILES string of the molecule is COc1ccc(C2C(S)N(C3CCCCC3)C(=N)C2(C#N)c2nc3cc(C)c(C)cc3[nH]2)cc1. The number of hydrogen-bond acceptors (Lipinski definition) is 5. The number of thiol groups is 1. The minimum absolute atomic E-state index is 0.216. The first-order chi connectivity index (χ1) is 16.4. The largest absolute Gasteiger partial charge is 0.497 e. The Labute approximate surface area is 206 Å². The average Bonchev–Trinajstić information content (AvgIpc) is 3.35. The van der Waals surface area contributed by atoms with Crippen molar-refractivity contribution in [1.82, 2.24) is 14.9 Å². The van der Waals surface area contributed by atoms with Gasteiger partial charge in [-0.15, -0.1) is 0 Å². The number of aromatic nitrogens is 2. The maximum atomic E-state index is 10.8. The Morgan fingerprint density at radius 3 is 2.47 bits per heavy atom. The third-order valence-electron chi connectivity index (χ3n) is 7.77. The van der Waals surface area contributed by atoms with Crippen molar-refractivity contribution in [2.75, 3.05) is 7.11 Å². The molecule has 3 aromatic rings. The van der Waals surface area contributed by atoms with E-state index in [1.807, 2.05) is 30.3 Å². The molecule has 1 aliphatic carbocycles. The minimum Gasteiger partial charge on any atom is -0.497 e. The highest BCUT2D eigenvalue weighted by molar-refractivity contribution is 7.81. The predicted molar refractivity (Wildman–Crippen MR) is 138 cm³/mol. The second kappa shape index (κ2) is 8.66. The van der Waals surface area contributed by atoms with Crippen LogP contribution < -0.4 is 4.74 Å². The summed E-state index contributed by atoms with van der Waals surface area (Å²) < 4.78 is 5.37. The zero-order valence-corrected chi connectivity index (χ0v) is 20.8. The number of methoxy groups -OCH3 is 1. The molecular formula is C27H31N5OS. The molecule has 0 bridgehead atoms. The first-order valence-electron chi connectivity index (χ1n) is 12.0. The minimum atomic E-state index is -1.26. The Morgan fingerprint density at radius 2 is 1.82 bits per heavy atom. The van der Waals surface area contributed by atoms with Crippen LogP contribution in [0.4, 0.5) is 0 Å². The van der Waals surface area contributed by atoms with Crippen molar-refractivity contribution in [3.8, 4) is 11.8 Å². The fraction of sp³-hybridized carbons (Fsp3) is 0.444. The van der Waals surface area contributed by atoms with E-state index in [-0.39, 0.29) is 17.3 Å². The molecule has 1 aromatic heterocycles. The van der Waals surface area contributed by atoms with Gasteiger partial charge in [-0.25, -0.2) is 4.98 Å². The standard InChI is InChI=1S/C27H31N5OS/c1-16-13-21-22(14-17(16)2)31-26(30-21)27(15-28)23(18-9-11-20(33-3)12-10-18)24(34)32(25(27)29)19-7-5-4-6-8-19/h9-14,19,23-24,29,34H,4-8H2,1-3H3,(H,30,31). The van der Waals surface area contributed by atoms with Crippen LogP contribution in [-0.4, -0.2) is 39.2 Å². The Bertz CT molecular complexity index is 1230. The van der Waals surface area contributed by atoms with Crippen LogP contribution in [0.2, 0.25) is 0 Å². The lowest BCUT2D eigenvalue weighted by Gasteiger charge is -2.36. The van der Waals surface area contributed by atoms with E-state index in [9.17, 15) is 10.7 Å². The summed E-state index contributed by atoms with van der Waals surface area (Å²) in [5, 5.41) is 19.9. The number of imidazole rings is 1. The summed E-state index contributed by atoms with van der Waals surface area (Å²) in [6.45, 7) is 4.14. The molecule has 0 spiro atoms. The Kier molecular flexibility index (Phi) is 5.81. The quantitative estimate of drug-likeness (QED) is 0.429. The van der Waals surface area contributed by atoms with Gasteiger partial charge in [-0.3, -0.25) is 5.41 Å². The lowest BCUT2D eigenvalue weighted by Crippen LogP contribution is -2.44. The van der Waals surface area contributed by atoms with Gasteiger partial charge in [-0.1, -0.05) is 31.4 Å². The molecule has 2 N–H and O–H groups in total. The molecule has 2 aromatic carbocycles. The van der Waals surface area contributed by atoms with Crippen LogP contribution in [-0.2, 0) is 5.41 Å². The molecule has 2 fully saturated rings.